The lowest BCUT2D eigenvalue weighted by molar-refractivity contribution is -0.150. The molecule has 1 heterocycles. The number of carboxylic acids is 1. The van der Waals surface area contributed by atoms with Gasteiger partial charge in [-0.25, -0.2) is 0 Å². The lowest BCUT2D eigenvalue weighted by Gasteiger charge is -2.31. The number of carbonyl (C=O) groups is 1. The fourth-order valence-corrected chi connectivity index (χ4v) is 2.10. The summed E-state index contributed by atoms with van der Waals surface area (Å²) in [5.74, 6) is -0.656. The minimum Gasteiger partial charge on any atom is -0.481 e. The van der Waals surface area contributed by atoms with Crippen molar-refractivity contribution < 1.29 is 14.6 Å². The van der Waals surface area contributed by atoms with Crippen LogP contribution in [0.1, 0.15) is 32.6 Å². The number of allylic oxidation sites excluding steroid dienone is 2. The van der Waals surface area contributed by atoms with Crippen LogP contribution in [0.25, 0.3) is 0 Å². The van der Waals surface area contributed by atoms with Crippen LogP contribution in [0, 0.1) is 5.41 Å². The van der Waals surface area contributed by atoms with Crippen molar-refractivity contribution in [2.24, 2.45) is 5.41 Å². The Balaban J connectivity index is 2.10. The molecular formula is C11H16O3. The highest BCUT2D eigenvalue weighted by Gasteiger charge is 2.44. The van der Waals surface area contributed by atoms with Gasteiger partial charge in [0, 0.05) is 0 Å². The highest BCUT2D eigenvalue weighted by molar-refractivity contribution is 5.75. The molecular weight excluding hydrogens is 180 g/mol. The maximum absolute atomic E-state index is 11.3. The summed E-state index contributed by atoms with van der Waals surface area (Å²) in [5, 5.41) is 9.27. The average Bonchev–Trinajstić information content (AvgIpc) is 2.93. The quantitative estimate of drug-likeness (QED) is 0.554. The topological polar surface area (TPSA) is 49.8 Å². The van der Waals surface area contributed by atoms with E-state index in [1.807, 2.05) is 0 Å². The molecule has 0 bridgehead atoms. The van der Waals surface area contributed by atoms with Crippen LogP contribution in [0.5, 0.6) is 0 Å². The number of aliphatic carboxylic acids is 1. The molecule has 1 aliphatic heterocycles. The van der Waals surface area contributed by atoms with Crippen molar-refractivity contribution in [3.8, 4) is 0 Å². The molecule has 0 aromatic rings. The van der Waals surface area contributed by atoms with E-state index in [2.05, 4.69) is 13.0 Å². The van der Waals surface area contributed by atoms with Gasteiger partial charge in [-0.1, -0.05) is 11.6 Å². The summed E-state index contributed by atoms with van der Waals surface area (Å²) in [6.07, 6.45) is 5.32. The fraction of sp³-hybridized carbons (Fsp3) is 0.727. The summed E-state index contributed by atoms with van der Waals surface area (Å²) in [7, 11) is 0. The van der Waals surface area contributed by atoms with E-state index in [4.69, 9.17) is 4.74 Å². The number of epoxide rings is 1. The Labute approximate surface area is 83.8 Å². The number of hydrogen-bond acceptors (Lipinski definition) is 2. The first-order valence-corrected chi connectivity index (χ1v) is 5.13. The van der Waals surface area contributed by atoms with Gasteiger partial charge in [0.05, 0.1) is 18.1 Å². The van der Waals surface area contributed by atoms with Crippen molar-refractivity contribution in [3.05, 3.63) is 11.6 Å². The third-order valence-electron chi connectivity index (χ3n) is 3.31. The summed E-state index contributed by atoms with van der Waals surface area (Å²) < 4.78 is 5.13. The Bertz CT molecular complexity index is 278. The first kappa shape index (κ1) is 9.71. The molecule has 2 atom stereocenters. The molecule has 0 spiro atoms. The van der Waals surface area contributed by atoms with Crippen molar-refractivity contribution in [2.75, 3.05) is 6.61 Å². The van der Waals surface area contributed by atoms with E-state index in [0.717, 1.165) is 19.4 Å². The zero-order valence-corrected chi connectivity index (χ0v) is 8.45. The second-order valence-electron chi connectivity index (χ2n) is 4.50. The molecule has 0 aromatic heterocycles. The van der Waals surface area contributed by atoms with Crippen LogP contribution in [0.3, 0.4) is 0 Å². The van der Waals surface area contributed by atoms with Gasteiger partial charge < -0.3 is 9.84 Å². The second-order valence-corrected chi connectivity index (χ2v) is 4.50. The molecule has 1 saturated heterocycles. The first-order valence-electron chi connectivity index (χ1n) is 5.13. The molecule has 14 heavy (non-hydrogen) atoms. The molecule has 3 nitrogen and oxygen atoms in total. The molecule has 1 N–H and O–H groups in total. The van der Waals surface area contributed by atoms with E-state index in [1.165, 1.54) is 5.57 Å². The highest BCUT2D eigenvalue weighted by atomic mass is 16.6. The summed E-state index contributed by atoms with van der Waals surface area (Å²) in [6, 6.07) is 0. The maximum Gasteiger partial charge on any atom is 0.310 e. The molecule has 2 rings (SSSR count). The third-order valence-corrected chi connectivity index (χ3v) is 3.31. The van der Waals surface area contributed by atoms with Gasteiger partial charge in [0.2, 0.25) is 0 Å². The first-order chi connectivity index (χ1) is 6.62. The molecule has 0 aromatic carbocycles. The second kappa shape index (κ2) is 3.39. The summed E-state index contributed by atoms with van der Waals surface area (Å²) in [5.41, 5.74) is 0.777. The lowest BCUT2D eigenvalue weighted by Crippen LogP contribution is -2.34. The molecule has 0 saturated carbocycles. The Morgan fingerprint density at radius 3 is 2.93 bits per heavy atom. The summed E-state index contributed by atoms with van der Waals surface area (Å²) in [4.78, 5) is 11.3. The molecule has 0 radical (unpaired) electrons. The number of rotatable bonds is 3. The van der Waals surface area contributed by atoms with Gasteiger partial charge in [-0.3, -0.25) is 4.79 Å². The molecule has 0 amide bonds. The SMILES string of the molecule is CC1=CCC(CC2CO2)(C(=O)O)CC1. The summed E-state index contributed by atoms with van der Waals surface area (Å²) in [6.45, 7) is 2.82. The smallest absolute Gasteiger partial charge is 0.310 e. The van der Waals surface area contributed by atoms with E-state index < -0.39 is 11.4 Å². The van der Waals surface area contributed by atoms with Crippen molar-refractivity contribution in [3.63, 3.8) is 0 Å². The van der Waals surface area contributed by atoms with Gasteiger partial charge in [-0.05, 0) is 32.6 Å². The minimum atomic E-state index is -0.656. The van der Waals surface area contributed by atoms with E-state index >= 15 is 0 Å². The molecule has 2 unspecified atom stereocenters. The predicted octanol–water partition coefficient (Wildman–Crippen LogP) is 1.98. The number of ether oxygens (including phenoxy) is 1. The normalized spacial score (nSPS) is 36.4. The Morgan fingerprint density at radius 2 is 2.50 bits per heavy atom. The van der Waals surface area contributed by atoms with Crippen LogP contribution in [-0.4, -0.2) is 23.8 Å². The van der Waals surface area contributed by atoms with E-state index in [9.17, 15) is 9.90 Å². The number of carboxylic acid groups (broad SMARTS) is 1. The van der Waals surface area contributed by atoms with E-state index in [0.29, 0.717) is 12.8 Å². The van der Waals surface area contributed by atoms with Gasteiger partial charge in [-0.2, -0.15) is 0 Å². The third kappa shape index (κ3) is 1.82. The molecule has 1 aliphatic carbocycles. The van der Waals surface area contributed by atoms with Gasteiger partial charge in [-0.15, -0.1) is 0 Å². The van der Waals surface area contributed by atoms with Gasteiger partial charge in [0.15, 0.2) is 0 Å². The van der Waals surface area contributed by atoms with Crippen LogP contribution < -0.4 is 0 Å². The lowest BCUT2D eigenvalue weighted by atomic mass is 9.72. The van der Waals surface area contributed by atoms with Crippen LogP contribution in [0.2, 0.25) is 0 Å². The monoisotopic (exact) mass is 196 g/mol. The molecule has 1 fully saturated rings. The number of hydrogen-bond donors (Lipinski definition) is 1. The van der Waals surface area contributed by atoms with Gasteiger partial charge in [0.1, 0.15) is 0 Å². The van der Waals surface area contributed by atoms with Crippen LogP contribution in [-0.2, 0) is 9.53 Å². The van der Waals surface area contributed by atoms with Crippen LogP contribution >= 0.6 is 0 Å². The summed E-state index contributed by atoms with van der Waals surface area (Å²) >= 11 is 0. The van der Waals surface area contributed by atoms with Crippen molar-refractivity contribution in [1.82, 2.24) is 0 Å². The van der Waals surface area contributed by atoms with Crippen molar-refractivity contribution >= 4 is 5.97 Å². The van der Waals surface area contributed by atoms with E-state index in [-0.39, 0.29) is 6.10 Å². The van der Waals surface area contributed by atoms with Crippen molar-refractivity contribution in [1.29, 1.82) is 0 Å². The fourth-order valence-electron chi connectivity index (χ4n) is 2.10. The zero-order chi connectivity index (χ0) is 10.2. The molecule has 3 heteroatoms. The Hall–Kier alpha value is -0.830. The van der Waals surface area contributed by atoms with Crippen molar-refractivity contribution in [2.45, 2.75) is 38.7 Å². The van der Waals surface area contributed by atoms with E-state index in [1.54, 1.807) is 0 Å². The van der Waals surface area contributed by atoms with Crippen LogP contribution in [0.4, 0.5) is 0 Å². The minimum absolute atomic E-state index is 0.206. The Morgan fingerprint density at radius 1 is 1.79 bits per heavy atom. The molecule has 2 aliphatic rings. The van der Waals surface area contributed by atoms with Gasteiger partial charge in [0.25, 0.3) is 0 Å². The highest BCUT2D eigenvalue weighted by Crippen LogP contribution is 2.42. The average molecular weight is 196 g/mol. The predicted molar refractivity (Wildman–Crippen MR) is 52.0 cm³/mol. The standard InChI is InChI=1S/C11H16O3/c1-8-2-4-11(5-3-8,10(12)13)6-9-7-14-9/h2,9H,3-7H2,1H3,(H,12,13). The largest absolute Gasteiger partial charge is 0.481 e. The molecule has 78 valence electrons. The zero-order valence-electron chi connectivity index (χ0n) is 8.45. The van der Waals surface area contributed by atoms with Gasteiger partial charge >= 0.3 is 5.97 Å². The Kier molecular flexibility index (Phi) is 2.35. The van der Waals surface area contributed by atoms with Crippen LogP contribution in [0.15, 0.2) is 11.6 Å². The maximum atomic E-state index is 11.3.